The van der Waals surface area contributed by atoms with E-state index in [-0.39, 0.29) is 24.1 Å². The normalized spacial score (nSPS) is 31.2. The lowest BCUT2D eigenvalue weighted by Gasteiger charge is -2.47. The summed E-state index contributed by atoms with van der Waals surface area (Å²) in [5.41, 5.74) is -0.180. The molecule has 98 valence electrons. The van der Waals surface area contributed by atoms with Gasteiger partial charge in [0.1, 0.15) is 6.04 Å². The zero-order valence-corrected chi connectivity index (χ0v) is 10.9. The third kappa shape index (κ3) is 2.80. The molecule has 1 aliphatic heterocycles. The van der Waals surface area contributed by atoms with Crippen molar-refractivity contribution in [1.29, 1.82) is 0 Å². The molecule has 4 heteroatoms. The maximum absolute atomic E-state index is 12.0. The van der Waals surface area contributed by atoms with Crippen molar-refractivity contribution in [3.05, 3.63) is 0 Å². The Morgan fingerprint density at radius 1 is 1.35 bits per heavy atom. The van der Waals surface area contributed by atoms with Gasteiger partial charge in [-0.2, -0.15) is 0 Å². The Hall–Kier alpha value is -0.610. The molecule has 0 aromatic heterocycles. The molecule has 1 heterocycles. The Balaban J connectivity index is 2.12. The van der Waals surface area contributed by atoms with Crippen LogP contribution in [-0.4, -0.2) is 46.7 Å². The number of carbonyl (C=O) groups is 1. The van der Waals surface area contributed by atoms with Gasteiger partial charge in [0, 0.05) is 18.1 Å². The molecule has 1 saturated carbocycles. The summed E-state index contributed by atoms with van der Waals surface area (Å²) in [5.74, 6) is -0.0191. The molecule has 2 rings (SSSR count). The first-order valence-corrected chi connectivity index (χ1v) is 6.72. The molecular formula is C13H24N2O2. The highest BCUT2D eigenvalue weighted by Gasteiger charge is 2.41. The van der Waals surface area contributed by atoms with E-state index in [0.717, 1.165) is 6.54 Å². The predicted octanol–water partition coefficient (Wildman–Crippen LogP) is 0.890. The van der Waals surface area contributed by atoms with Crippen LogP contribution in [0.5, 0.6) is 0 Å². The Bertz CT molecular complexity index is 285. The topological polar surface area (TPSA) is 52.6 Å². The van der Waals surface area contributed by atoms with E-state index in [1.807, 2.05) is 13.8 Å². The van der Waals surface area contributed by atoms with Crippen molar-refractivity contribution in [3.8, 4) is 0 Å². The Labute approximate surface area is 103 Å². The summed E-state index contributed by atoms with van der Waals surface area (Å²) < 4.78 is 0. The van der Waals surface area contributed by atoms with E-state index < -0.39 is 0 Å². The van der Waals surface area contributed by atoms with Crippen LogP contribution in [0.1, 0.15) is 46.0 Å². The largest absolute Gasteiger partial charge is 0.394 e. The lowest BCUT2D eigenvalue weighted by atomic mass is 9.89. The van der Waals surface area contributed by atoms with Crippen LogP contribution in [0.25, 0.3) is 0 Å². The van der Waals surface area contributed by atoms with E-state index in [0.29, 0.717) is 6.04 Å². The Kier molecular flexibility index (Phi) is 3.73. The zero-order valence-electron chi connectivity index (χ0n) is 10.9. The van der Waals surface area contributed by atoms with Gasteiger partial charge in [-0.05, 0) is 26.7 Å². The van der Waals surface area contributed by atoms with Crippen molar-refractivity contribution in [3.63, 3.8) is 0 Å². The Morgan fingerprint density at radius 3 is 2.59 bits per heavy atom. The fraction of sp³-hybridized carbons (Fsp3) is 0.923. The monoisotopic (exact) mass is 240 g/mol. The third-order valence-electron chi connectivity index (χ3n) is 3.96. The summed E-state index contributed by atoms with van der Waals surface area (Å²) in [5, 5.41) is 12.4. The van der Waals surface area contributed by atoms with Crippen LogP contribution in [0.4, 0.5) is 0 Å². The molecule has 1 saturated heterocycles. The number of aliphatic hydroxyl groups is 1. The molecule has 4 nitrogen and oxygen atoms in total. The molecule has 2 fully saturated rings. The minimum atomic E-state index is -0.342. The molecular weight excluding hydrogens is 216 g/mol. The van der Waals surface area contributed by atoms with Crippen molar-refractivity contribution >= 4 is 5.91 Å². The van der Waals surface area contributed by atoms with E-state index in [1.54, 1.807) is 0 Å². The summed E-state index contributed by atoms with van der Waals surface area (Å²) in [6.45, 7) is 4.87. The number of nitrogens with one attached hydrogen (secondary N) is 1. The summed E-state index contributed by atoms with van der Waals surface area (Å²) >= 11 is 0. The van der Waals surface area contributed by atoms with Gasteiger partial charge in [-0.25, -0.2) is 0 Å². The molecule has 0 radical (unpaired) electrons. The summed E-state index contributed by atoms with van der Waals surface area (Å²) in [6.07, 6.45) is 6.15. The predicted molar refractivity (Wildman–Crippen MR) is 66.7 cm³/mol. The zero-order chi connectivity index (χ0) is 12.5. The van der Waals surface area contributed by atoms with E-state index in [9.17, 15) is 9.90 Å². The minimum absolute atomic E-state index is 0.0191. The van der Waals surface area contributed by atoms with E-state index in [1.165, 1.54) is 32.1 Å². The molecule has 17 heavy (non-hydrogen) atoms. The minimum Gasteiger partial charge on any atom is -0.394 e. The van der Waals surface area contributed by atoms with Gasteiger partial charge in [-0.1, -0.05) is 19.3 Å². The molecule has 1 aliphatic carbocycles. The standard InChI is InChI=1S/C13H24N2O2/c1-13(2)9-15(10-6-4-3-5-7-10)11(8-16)12(17)14-13/h10-11,16H,3-9H2,1-2H3,(H,14,17). The van der Waals surface area contributed by atoms with Crippen molar-refractivity contribution in [1.82, 2.24) is 10.2 Å². The first-order chi connectivity index (χ1) is 8.03. The van der Waals surface area contributed by atoms with Crippen LogP contribution < -0.4 is 5.32 Å². The first kappa shape index (κ1) is 12.8. The van der Waals surface area contributed by atoms with Gasteiger partial charge < -0.3 is 10.4 Å². The van der Waals surface area contributed by atoms with Crippen molar-refractivity contribution in [2.24, 2.45) is 0 Å². The van der Waals surface area contributed by atoms with Crippen molar-refractivity contribution in [2.75, 3.05) is 13.2 Å². The van der Waals surface area contributed by atoms with Gasteiger partial charge in [0.05, 0.1) is 6.61 Å². The SMILES string of the molecule is CC1(C)CN(C2CCCCC2)C(CO)C(=O)N1. The van der Waals surface area contributed by atoms with E-state index in [2.05, 4.69) is 10.2 Å². The van der Waals surface area contributed by atoms with Crippen LogP contribution in [0.3, 0.4) is 0 Å². The molecule has 0 aromatic rings. The van der Waals surface area contributed by atoms with Crippen molar-refractivity contribution in [2.45, 2.75) is 63.6 Å². The van der Waals surface area contributed by atoms with Crippen LogP contribution in [0.2, 0.25) is 0 Å². The smallest absolute Gasteiger partial charge is 0.240 e. The number of carbonyl (C=O) groups excluding carboxylic acids is 1. The molecule has 2 aliphatic rings. The maximum atomic E-state index is 12.0. The van der Waals surface area contributed by atoms with Crippen LogP contribution in [0, 0.1) is 0 Å². The lowest BCUT2D eigenvalue weighted by Crippen LogP contribution is -2.67. The second-order valence-corrected chi connectivity index (χ2v) is 6.04. The molecule has 0 spiro atoms. The van der Waals surface area contributed by atoms with Crippen LogP contribution in [0.15, 0.2) is 0 Å². The average molecular weight is 240 g/mol. The average Bonchev–Trinajstić information content (AvgIpc) is 2.28. The molecule has 1 amide bonds. The highest BCUT2D eigenvalue weighted by atomic mass is 16.3. The molecule has 1 atom stereocenters. The van der Waals surface area contributed by atoms with Gasteiger partial charge in [-0.3, -0.25) is 9.69 Å². The number of rotatable bonds is 2. The number of aliphatic hydroxyl groups excluding tert-OH is 1. The maximum Gasteiger partial charge on any atom is 0.240 e. The fourth-order valence-corrected chi connectivity index (χ4v) is 3.16. The number of amides is 1. The number of hydrogen-bond acceptors (Lipinski definition) is 3. The van der Waals surface area contributed by atoms with E-state index >= 15 is 0 Å². The van der Waals surface area contributed by atoms with Gasteiger partial charge >= 0.3 is 0 Å². The number of hydrogen-bond donors (Lipinski definition) is 2. The van der Waals surface area contributed by atoms with Gasteiger partial charge in [0.15, 0.2) is 0 Å². The van der Waals surface area contributed by atoms with Gasteiger partial charge in [0.2, 0.25) is 5.91 Å². The lowest BCUT2D eigenvalue weighted by molar-refractivity contribution is -0.137. The second kappa shape index (κ2) is 4.94. The highest BCUT2D eigenvalue weighted by molar-refractivity contribution is 5.83. The first-order valence-electron chi connectivity index (χ1n) is 6.72. The fourth-order valence-electron chi connectivity index (χ4n) is 3.16. The number of nitrogens with zero attached hydrogens (tertiary/aromatic N) is 1. The van der Waals surface area contributed by atoms with Crippen LogP contribution in [-0.2, 0) is 4.79 Å². The molecule has 0 aromatic carbocycles. The summed E-state index contributed by atoms with van der Waals surface area (Å²) in [7, 11) is 0. The van der Waals surface area contributed by atoms with Crippen LogP contribution >= 0.6 is 0 Å². The summed E-state index contributed by atoms with van der Waals surface area (Å²) in [6, 6.07) is 0.136. The molecule has 1 unspecified atom stereocenters. The molecule has 2 N–H and O–H groups in total. The number of piperazine rings is 1. The van der Waals surface area contributed by atoms with E-state index in [4.69, 9.17) is 0 Å². The highest BCUT2D eigenvalue weighted by Crippen LogP contribution is 2.27. The third-order valence-corrected chi connectivity index (χ3v) is 3.96. The van der Waals surface area contributed by atoms with Crippen molar-refractivity contribution < 1.29 is 9.90 Å². The molecule has 0 bridgehead atoms. The van der Waals surface area contributed by atoms with Gasteiger partial charge in [0.25, 0.3) is 0 Å². The Morgan fingerprint density at radius 2 is 2.00 bits per heavy atom. The summed E-state index contributed by atoms with van der Waals surface area (Å²) in [4.78, 5) is 14.2. The van der Waals surface area contributed by atoms with Gasteiger partial charge in [-0.15, -0.1) is 0 Å². The quantitative estimate of drug-likeness (QED) is 0.753. The second-order valence-electron chi connectivity index (χ2n) is 6.04.